The first-order valence-electron chi connectivity index (χ1n) is 7.93. The minimum absolute atomic E-state index is 0.0463. The van der Waals surface area contributed by atoms with Crippen molar-refractivity contribution >= 4 is 11.8 Å². The van der Waals surface area contributed by atoms with E-state index in [2.05, 4.69) is 15.3 Å². The maximum absolute atomic E-state index is 12.5. The second-order valence-electron chi connectivity index (χ2n) is 6.27. The van der Waals surface area contributed by atoms with Gasteiger partial charge >= 0.3 is 0 Å². The van der Waals surface area contributed by atoms with Gasteiger partial charge in [-0.25, -0.2) is 9.97 Å². The molecule has 0 spiro atoms. The lowest BCUT2D eigenvalue weighted by Gasteiger charge is -2.49. The van der Waals surface area contributed by atoms with Crippen molar-refractivity contribution in [3.63, 3.8) is 0 Å². The molecule has 2 N–H and O–H groups in total. The van der Waals surface area contributed by atoms with Crippen LogP contribution < -0.4 is 5.32 Å². The molecule has 1 atom stereocenters. The van der Waals surface area contributed by atoms with Gasteiger partial charge in [-0.3, -0.25) is 9.59 Å². The van der Waals surface area contributed by atoms with Crippen molar-refractivity contribution in [2.45, 2.75) is 25.5 Å². The number of β-amino-alcohol motifs (C(OH)–C–C–N with tert-alkyl or cyclic N) is 1. The zero-order valence-electron chi connectivity index (χ0n) is 14.3. The van der Waals surface area contributed by atoms with Gasteiger partial charge in [0.05, 0.1) is 36.6 Å². The molecule has 1 unspecified atom stereocenters. The number of amides is 2. The fraction of sp³-hybridized carbons (Fsp3) is 0.353. The van der Waals surface area contributed by atoms with Gasteiger partial charge in [0.1, 0.15) is 17.4 Å². The van der Waals surface area contributed by atoms with Crippen LogP contribution in [-0.4, -0.2) is 56.5 Å². The number of likely N-dealkylation sites (tertiary alicyclic amines) is 1. The summed E-state index contributed by atoms with van der Waals surface area (Å²) in [6, 6.07) is 4.43. The average Bonchev–Trinajstić information content (AvgIpc) is 3.12. The van der Waals surface area contributed by atoms with Crippen molar-refractivity contribution in [1.82, 2.24) is 20.2 Å². The second-order valence-corrected chi connectivity index (χ2v) is 6.27. The van der Waals surface area contributed by atoms with Crippen LogP contribution in [0.3, 0.4) is 0 Å². The average molecular weight is 355 g/mol. The van der Waals surface area contributed by atoms with Gasteiger partial charge < -0.3 is 19.7 Å². The summed E-state index contributed by atoms with van der Waals surface area (Å²) in [6.45, 7) is 3.43. The van der Waals surface area contributed by atoms with E-state index in [0.29, 0.717) is 11.3 Å². The Labute approximate surface area is 149 Å². The summed E-state index contributed by atoms with van der Waals surface area (Å²) in [5.74, 6) is -0.779. The molecule has 1 aliphatic heterocycles. The molecule has 1 fully saturated rings. The molecule has 0 bridgehead atoms. The molecule has 2 amide bonds. The van der Waals surface area contributed by atoms with E-state index in [-0.39, 0.29) is 30.5 Å². The Kier molecular flexibility index (Phi) is 4.44. The predicted octanol–water partition coefficient (Wildman–Crippen LogP) is 0.255. The van der Waals surface area contributed by atoms with Crippen LogP contribution in [0.1, 0.15) is 39.2 Å². The van der Waals surface area contributed by atoms with Crippen LogP contribution in [0, 0.1) is 18.3 Å². The minimum atomic E-state index is -1.24. The summed E-state index contributed by atoms with van der Waals surface area (Å²) in [4.78, 5) is 33.7. The van der Waals surface area contributed by atoms with Crippen molar-refractivity contribution < 1.29 is 19.1 Å². The monoisotopic (exact) mass is 355 g/mol. The van der Waals surface area contributed by atoms with Gasteiger partial charge in [0.2, 0.25) is 5.76 Å². The van der Waals surface area contributed by atoms with Crippen LogP contribution in [0.2, 0.25) is 0 Å². The Morgan fingerprint density at radius 3 is 2.77 bits per heavy atom. The largest absolute Gasteiger partial charge is 0.438 e. The summed E-state index contributed by atoms with van der Waals surface area (Å²) in [5, 5.41) is 22.2. The van der Waals surface area contributed by atoms with Gasteiger partial charge in [-0.2, -0.15) is 5.26 Å². The number of aliphatic hydroxyl groups is 1. The predicted molar refractivity (Wildman–Crippen MR) is 88.0 cm³/mol. The van der Waals surface area contributed by atoms with Crippen molar-refractivity contribution in [3.8, 4) is 6.07 Å². The van der Waals surface area contributed by atoms with E-state index in [9.17, 15) is 14.7 Å². The molecule has 9 nitrogen and oxygen atoms in total. The number of pyridine rings is 1. The number of nitriles is 1. The lowest BCUT2D eigenvalue weighted by Crippen LogP contribution is -2.71. The molecule has 134 valence electrons. The molecule has 0 aliphatic carbocycles. The van der Waals surface area contributed by atoms with Gasteiger partial charge in [0.25, 0.3) is 11.8 Å². The van der Waals surface area contributed by atoms with Crippen molar-refractivity contribution in [3.05, 3.63) is 47.4 Å². The van der Waals surface area contributed by atoms with E-state index >= 15 is 0 Å². The Bertz CT molecular complexity index is 881. The smallest absolute Gasteiger partial charge is 0.289 e. The van der Waals surface area contributed by atoms with E-state index in [1.807, 2.05) is 6.07 Å². The lowest BCUT2D eigenvalue weighted by atomic mass is 9.86. The molecule has 9 heteroatoms. The fourth-order valence-corrected chi connectivity index (χ4v) is 2.72. The zero-order valence-corrected chi connectivity index (χ0v) is 14.3. The number of oxazole rings is 1. The molecule has 1 aliphatic rings. The number of aromatic nitrogens is 2. The summed E-state index contributed by atoms with van der Waals surface area (Å²) >= 11 is 0. The van der Waals surface area contributed by atoms with E-state index in [1.165, 1.54) is 17.2 Å². The highest BCUT2D eigenvalue weighted by Gasteiger charge is 2.48. The van der Waals surface area contributed by atoms with Crippen molar-refractivity contribution in [1.29, 1.82) is 5.26 Å². The summed E-state index contributed by atoms with van der Waals surface area (Å²) < 4.78 is 4.91. The fourth-order valence-electron chi connectivity index (χ4n) is 2.72. The highest BCUT2D eigenvalue weighted by molar-refractivity contribution is 5.93. The molecule has 0 aromatic carbocycles. The van der Waals surface area contributed by atoms with Gasteiger partial charge in [0.15, 0.2) is 6.39 Å². The number of hydrogen-bond donors (Lipinski definition) is 2. The van der Waals surface area contributed by atoms with Crippen molar-refractivity contribution in [2.75, 3.05) is 13.1 Å². The van der Waals surface area contributed by atoms with Crippen LogP contribution in [-0.2, 0) is 0 Å². The molecule has 3 heterocycles. The molecule has 2 aromatic rings. The normalized spacial score (nSPS) is 16.3. The van der Waals surface area contributed by atoms with Gasteiger partial charge in [-0.05, 0) is 26.0 Å². The Hall–Kier alpha value is -3.25. The third-order valence-corrected chi connectivity index (χ3v) is 4.45. The first kappa shape index (κ1) is 17.6. The van der Waals surface area contributed by atoms with Gasteiger partial charge in [-0.1, -0.05) is 0 Å². The Morgan fingerprint density at radius 2 is 2.19 bits per heavy atom. The van der Waals surface area contributed by atoms with E-state index < -0.39 is 17.6 Å². The number of nitrogens with zero attached hydrogens (tertiary/aromatic N) is 4. The topological polar surface area (TPSA) is 132 Å². The molecule has 2 aromatic heterocycles. The lowest BCUT2D eigenvalue weighted by molar-refractivity contribution is -0.0986. The van der Waals surface area contributed by atoms with Gasteiger partial charge in [-0.15, -0.1) is 0 Å². The van der Waals surface area contributed by atoms with E-state index in [0.717, 1.165) is 6.39 Å². The first-order valence-corrected chi connectivity index (χ1v) is 7.93. The zero-order chi connectivity index (χ0) is 18.9. The van der Waals surface area contributed by atoms with E-state index in [1.54, 1.807) is 19.9 Å². The molecule has 1 saturated heterocycles. The third-order valence-electron chi connectivity index (χ3n) is 4.45. The SMILES string of the molecule is Cc1nc(C(=O)N2CC(O)(C(C)NC(=O)c3cnco3)C2)ccc1C#N. The van der Waals surface area contributed by atoms with Crippen LogP contribution in [0.5, 0.6) is 0 Å². The Morgan fingerprint density at radius 1 is 1.46 bits per heavy atom. The maximum Gasteiger partial charge on any atom is 0.289 e. The van der Waals surface area contributed by atoms with Crippen LogP contribution in [0.4, 0.5) is 0 Å². The first-order chi connectivity index (χ1) is 12.3. The second kappa shape index (κ2) is 6.57. The minimum Gasteiger partial charge on any atom is -0.438 e. The van der Waals surface area contributed by atoms with Crippen LogP contribution in [0.15, 0.2) is 29.1 Å². The summed E-state index contributed by atoms with van der Waals surface area (Å²) in [6.07, 6.45) is 2.42. The van der Waals surface area contributed by atoms with Crippen LogP contribution >= 0.6 is 0 Å². The third kappa shape index (κ3) is 3.14. The van der Waals surface area contributed by atoms with Gasteiger partial charge in [0, 0.05) is 0 Å². The number of carbonyl (C=O) groups is 2. The number of carbonyl (C=O) groups excluding carboxylic acids is 2. The van der Waals surface area contributed by atoms with Crippen molar-refractivity contribution in [2.24, 2.45) is 0 Å². The molecule has 0 saturated carbocycles. The van der Waals surface area contributed by atoms with Crippen LogP contribution in [0.25, 0.3) is 0 Å². The number of aryl methyl sites for hydroxylation is 1. The molecular formula is C17H17N5O4. The standard InChI is InChI=1S/C17H17N5O4/c1-10-12(5-18)3-4-13(20-10)16(24)22-7-17(25,8-22)11(2)21-15(23)14-6-19-9-26-14/h3-4,6,9,11,25H,7-8H2,1-2H3,(H,21,23). The summed E-state index contributed by atoms with van der Waals surface area (Å²) in [5.41, 5.74) is -0.151. The molecular weight excluding hydrogens is 338 g/mol. The highest BCUT2D eigenvalue weighted by Crippen LogP contribution is 2.26. The maximum atomic E-state index is 12.5. The number of rotatable bonds is 4. The highest BCUT2D eigenvalue weighted by atomic mass is 16.3. The summed E-state index contributed by atoms with van der Waals surface area (Å²) in [7, 11) is 0. The molecule has 26 heavy (non-hydrogen) atoms. The quantitative estimate of drug-likeness (QED) is 0.803. The Balaban J connectivity index is 1.61. The van der Waals surface area contributed by atoms with E-state index in [4.69, 9.17) is 9.68 Å². The number of hydrogen-bond acceptors (Lipinski definition) is 7. The molecule has 0 radical (unpaired) electrons. The number of nitrogens with one attached hydrogen (secondary N) is 1. The molecule has 3 rings (SSSR count).